The van der Waals surface area contributed by atoms with Crippen LogP contribution in [0, 0.1) is 6.92 Å². The van der Waals surface area contributed by atoms with Crippen molar-refractivity contribution in [3.8, 4) is 0 Å². The zero-order valence-corrected chi connectivity index (χ0v) is 11.7. The molecule has 2 amide bonds. The maximum Gasteiger partial charge on any atom is 0.333 e. The molecule has 2 aromatic rings. The summed E-state index contributed by atoms with van der Waals surface area (Å²) in [5.74, 6) is 0. The molecule has 0 fully saturated rings. The summed E-state index contributed by atoms with van der Waals surface area (Å²) in [6.45, 7) is 1.87. The number of sulfonamides is 1. The lowest BCUT2D eigenvalue weighted by Crippen LogP contribution is -2.40. The van der Waals surface area contributed by atoms with Gasteiger partial charge in [-0.1, -0.05) is 35.9 Å². The number of aryl methyl sites for hydroxylation is 1. The maximum absolute atomic E-state index is 12.5. The number of amides is 2. The van der Waals surface area contributed by atoms with Crippen LogP contribution in [-0.4, -0.2) is 14.4 Å². The molecule has 0 heterocycles. The molecular formula is C14H14N2O3S. The normalized spacial score (nSPS) is 11.1. The van der Waals surface area contributed by atoms with Crippen molar-refractivity contribution < 1.29 is 13.2 Å². The van der Waals surface area contributed by atoms with Crippen molar-refractivity contribution in [3.05, 3.63) is 60.2 Å². The molecule has 0 aliphatic heterocycles. The van der Waals surface area contributed by atoms with E-state index in [-0.39, 0.29) is 10.6 Å². The van der Waals surface area contributed by atoms with Crippen molar-refractivity contribution in [2.24, 2.45) is 5.73 Å². The number of nitrogens with zero attached hydrogens (tertiary/aromatic N) is 1. The molecule has 0 unspecified atom stereocenters. The molecule has 0 atom stereocenters. The number of anilines is 1. The van der Waals surface area contributed by atoms with Crippen LogP contribution in [0.4, 0.5) is 10.5 Å². The van der Waals surface area contributed by atoms with Gasteiger partial charge in [0.1, 0.15) is 0 Å². The first kappa shape index (κ1) is 14.1. The number of rotatable bonds is 3. The van der Waals surface area contributed by atoms with Gasteiger partial charge in [-0.25, -0.2) is 13.2 Å². The first-order chi connectivity index (χ1) is 9.43. The minimum absolute atomic E-state index is 0.0133. The molecule has 0 radical (unpaired) electrons. The van der Waals surface area contributed by atoms with Crippen molar-refractivity contribution in [1.82, 2.24) is 0 Å². The number of nitrogens with two attached hydrogens (primary N) is 1. The summed E-state index contributed by atoms with van der Waals surface area (Å²) >= 11 is 0. The summed E-state index contributed by atoms with van der Waals surface area (Å²) in [6.07, 6.45) is 0. The average Bonchev–Trinajstić information content (AvgIpc) is 2.41. The Balaban J connectivity index is 2.54. The highest BCUT2D eigenvalue weighted by molar-refractivity contribution is 7.93. The highest BCUT2D eigenvalue weighted by atomic mass is 32.2. The van der Waals surface area contributed by atoms with Gasteiger partial charge in [0, 0.05) is 0 Å². The van der Waals surface area contributed by atoms with Gasteiger partial charge in [0.25, 0.3) is 10.0 Å². The van der Waals surface area contributed by atoms with Gasteiger partial charge < -0.3 is 5.73 Å². The first-order valence-electron chi connectivity index (χ1n) is 5.89. The van der Waals surface area contributed by atoms with Crippen LogP contribution >= 0.6 is 0 Å². The molecule has 0 aliphatic rings. The molecule has 0 saturated heterocycles. The molecule has 104 valence electrons. The fraction of sp³-hybridized carbons (Fsp3) is 0.0714. The van der Waals surface area contributed by atoms with Gasteiger partial charge in [-0.05, 0) is 31.2 Å². The number of urea groups is 1. The number of hydrogen-bond donors (Lipinski definition) is 1. The second-order valence-electron chi connectivity index (χ2n) is 4.26. The van der Waals surface area contributed by atoms with Gasteiger partial charge in [-0.15, -0.1) is 0 Å². The SMILES string of the molecule is Cc1ccc(N(C(N)=O)S(=O)(=O)c2ccccc2)cc1. The first-order valence-corrected chi connectivity index (χ1v) is 7.33. The summed E-state index contributed by atoms with van der Waals surface area (Å²) in [7, 11) is -4.01. The quantitative estimate of drug-likeness (QED) is 0.941. The summed E-state index contributed by atoms with van der Waals surface area (Å²) in [6, 6.07) is 13.2. The van der Waals surface area contributed by atoms with E-state index in [0.29, 0.717) is 4.31 Å². The van der Waals surface area contributed by atoms with Gasteiger partial charge in [0.05, 0.1) is 10.6 Å². The third-order valence-electron chi connectivity index (χ3n) is 2.75. The molecule has 2 N–H and O–H groups in total. The average molecular weight is 290 g/mol. The number of benzene rings is 2. The molecule has 2 aromatic carbocycles. The van der Waals surface area contributed by atoms with Crippen molar-refractivity contribution in [3.63, 3.8) is 0 Å². The summed E-state index contributed by atoms with van der Waals surface area (Å²) in [5.41, 5.74) is 6.41. The third kappa shape index (κ3) is 2.65. The van der Waals surface area contributed by atoms with E-state index < -0.39 is 16.1 Å². The smallest absolute Gasteiger partial charge is 0.333 e. The Morgan fingerprint density at radius 2 is 1.55 bits per heavy atom. The van der Waals surface area contributed by atoms with Crippen LogP contribution < -0.4 is 10.0 Å². The molecule has 0 aliphatic carbocycles. The summed E-state index contributed by atoms with van der Waals surface area (Å²) in [5, 5.41) is 0. The number of primary amides is 1. The lowest BCUT2D eigenvalue weighted by atomic mass is 10.2. The Hall–Kier alpha value is -2.34. The van der Waals surface area contributed by atoms with E-state index >= 15 is 0 Å². The lowest BCUT2D eigenvalue weighted by Gasteiger charge is -2.20. The standard InChI is InChI=1S/C14H14N2O3S/c1-11-7-9-12(10-8-11)16(14(15)17)20(18,19)13-5-3-2-4-6-13/h2-10H,1H3,(H2,15,17). The molecule has 6 heteroatoms. The fourth-order valence-electron chi connectivity index (χ4n) is 1.76. The minimum atomic E-state index is -4.01. The van der Waals surface area contributed by atoms with Gasteiger partial charge in [0.2, 0.25) is 0 Å². The van der Waals surface area contributed by atoms with Gasteiger partial charge in [0.15, 0.2) is 0 Å². The van der Waals surface area contributed by atoms with Crippen LogP contribution in [0.25, 0.3) is 0 Å². The summed E-state index contributed by atoms with van der Waals surface area (Å²) < 4.78 is 25.6. The van der Waals surface area contributed by atoms with Crippen LogP contribution in [0.5, 0.6) is 0 Å². The summed E-state index contributed by atoms with van der Waals surface area (Å²) in [4.78, 5) is 11.6. The monoisotopic (exact) mass is 290 g/mol. The Bertz CT molecular complexity index is 710. The molecule has 20 heavy (non-hydrogen) atoms. The van der Waals surface area contributed by atoms with Crippen LogP contribution in [-0.2, 0) is 10.0 Å². The Morgan fingerprint density at radius 1 is 1.00 bits per heavy atom. The molecule has 2 rings (SSSR count). The highest BCUT2D eigenvalue weighted by Gasteiger charge is 2.29. The predicted molar refractivity (Wildman–Crippen MR) is 76.9 cm³/mol. The number of carbonyl (C=O) groups excluding carboxylic acids is 1. The Morgan fingerprint density at radius 3 is 2.05 bits per heavy atom. The van der Waals surface area contributed by atoms with Gasteiger partial charge >= 0.3 is 6.03 Å². The fourth-order valence-corrected chi connectivity index (χ4v) is 3.11. The van der Waals surface area contributed by atoms with E-state index in [1.807, 2.05) is 6.92 Å². The zero-order valence-electron chi connectivity index (χ0n) is 10.9. The molecule has 0 bridgehead atoms. The highest BCUT2D eigenvalue weighted by Crippen LogP contribution is 2.23. The maximum atomic E-state index is 12.5. The zero-order chi connectivity index (χ0) is 14.8. The lowest BCUT2D eigenvalue weighted by molar-refractivity contribution is 0.257. The molecular weight excluding hydrogens is 276 g/mol. The van der Waals surface area contributed by atoms with Crippen LogP contribution in [0.2, 0.25) is 0 Å². The molecule has 0 spiro atoms. The predicted octanol–water partition coefficient (Wildman–Crippen LogP) is 2.27. The number of hydrogen-bond acceptors (Lipinski definition) is 3. The van der Waals surface area contributed by atoms with Crippen LogP contribution in [0.1, 0.15) is 5.56 Å². The molecule has 0 aromatic heterocycles. The van der Waals surface area contributed by atoms with Crippen molar-refractivity contribution in [2.45, 2.75) is 11.8 Å². The van der Waals surface area contributed by atoms with Crippen molar-refractivity contribution >= 4 is 21.7 Å². The van der Waals surface area contributed by atoms with E-state index in [4.69, 9.17) is 5.73 Å². The van der Waals surface area contributed by atoms with E-state index in [1.165, 1.54) is 12.1 Å². The topological polar surface area (TPSA) is 80.5 Å². The Labute approximate surface area is 117 Å². The molecule has 5 nitrogen and oxygen atoms in total. The van der Waals surface area contributed by atoms with Crippen LogP contribution in [0.15, 0.2) is 59.5 Å². The van der Waals surface area contributed by atoms with E-state index in [9.17, 15) is 13.2 Å². The molecule has 0 saturated carbocycles. The van der Waals surface area contributed by atoms with E-state index in [2.05, 4.69) is 0 Å². The second kappa shape index (κ2) is 5.34. The van der Waals surface area contributed by atoms with Gasteiger partial charge in [-0.2, -0.15) is 4.31 Å². The minimum Gasteiger partial charge on any atom is -0.350 e. The Kier molecular flexibility index (Phi) is 3.76. The van der Waals surface area contributed by atoms with Crippen LogP contribution in [0.3, 0.4) is 0 Å². The second-order valence-corrected chi connectivity index (χ2v) is 6.04. The van der Waals surface area contributed by atoms with Gasteiger partial charge in [-0.3, -0.25) is 0 Å². The van der Waals surface area contributed by atoms with Crippen molar-refractivity contribution in [2.75, 3.05) is 4.31 Å². The largest absolute Gasteiger partial charge is 0.350 e. The van der Waals surface area contributed by atoms with E-state index in [1.54, 1.807) is 42.5 Å². The van der Waals surface area contributed by atoms with E-state index in [0.717, 1.165) is 5.56 Å². The third-order valence-corrected chi connectivity index (χ3v) is 4.49. The number of carbonyl (C=O) groups is 1. The van der Waals surface area contributed by atoms with Crippen molar-refractivity contribution in [1.29, 1.82) is 0 Å².